The molecule has 5 rings (SSSR count). The molecule has 3 aromatic carbocycles. The molecule has 158 valence electrons. The second kappa shape index (κ2) is 8.45. The summed E-state index contributed by atoms with van der Waals surface area (Å²) in [7, 11) is 0. The number of H-pyrrole nitrogens is 1. The summed E-state index contributed by atoms with van der Waals surface area (Å²) in [6, 6.07) is 26.7. The number of aromatic hydroxyl groups is 1. The van der Waals surface area contributed by atoms with Gasteiger partial charge < -0.3 is 9.84 Å². The molecule has 0 aliphatic carbocycles. The predicted octanol–water partition coefficient (Wildman–Crippen LogP) is 6.20. The van der Waals surface area contributed by atoms with Crippen LogP contribution in [0.4, 0.5) is 0 Å². The van der Waals surface area contributed by atoms with Crippen LogP contribution in [0.5, 0.6) is 17.4 Å². The van der Waals surface area contributed by atoms with Crippen LogP contribution in [0.25, 0.3) is 15.8 Å². The maximum absolute atomic E-state index is 12.6. The maximum atomic E-state index is 12.6. The average Bonchev–Trinajstić information content (AvgIpc) is 3.21. The van der Waals surface area contributed by atoms with Gasteiger partial charge in [0.25, 0.3) is 5.56 Å². The molecule has 0 aliphatic heterocycles. The first-order chi connectivity index (χ1) is 15.6. The van der Waals surface area contributed by atoms with Crippen molar-refractivity contribution >= 4 is 33.6 Å². The monoisotopic (exact) mass is 458 g/mol. The molecule has 0 bridgehead atoms. The zero-order valence-corrected chi connectivity index (χ0v) is 18.5. The minimum atomic E-state index is -0.384. The van der Waals surface area contributed by atoms with Crippen LogP contribution in [-0.4, -0.2) is 14.7 Å². The van der Waals surface area contributed by atoms with Gasteiger partial charge >= 0.3 is 0 Å². The highest BCUT2D eigenvalue weighted by molar-refractivity contribution is 7.71. The van der Waals surface area contributed by atoms with Crippen LogP contribution in [-0.2, 0) is 6.42 Å². The van der Waals surface area contributed by atoms with Crippen LogP contribution >= 0.6 is 23.6 Å². The molecule has 0 amide bonds. The van der Waals surface area contributed by atoms with Crippen molar-refractivity contribution in [1.82, 2.24) is 9.55 Å². The van der Waals surface area contributed by atoms with Gasteiger partial charge in [-0.25, -0.2) is 0 Å². The van der Waals surface area contributed by atoms with E-state index in [1.807, 2.05) is 60.7 Å². The molecule has 0 saturated carbocycles. The number of aromatic nitrogens is 2. The highest BCUT2D eigenvalue weighted by Gasteiger charge is 2.16. The van der Waals surface area contributed by atoms with Crippen LogP contribution < -0.4 is 10.3 Å². The highest BCUT2D eigenvalue weighted by Crippen LogP contribution is 2.30. The first-order valence-corrected chi connectivity index (χ1v) is 11.2. The molecule has 0 radical (unpaired) electrons. The fourth-order valence-electron chi connectivity index (χ4n) is 3.55. The van der Waals surface area contributed by atoms with Gasteiger partial charge in [0, 0.05) is 16.0 Å². The molecule has 2 aromatic heterocycles. The van der Waals surface area contributed by atoms with E-state index < -0.39 is 0 Å². The van der Waals surface area contributed by atoms with Crippen molar-refractivity contribution < 1.29 is 9.84 Å². The van der Waals surface area contributed by atoms with Crippen molar-refractivity contribution in [2.24, 2.45) is 0 Å². The third-order valence-electron chi connectivity index (χ3n) is 5.08. The smallest absolute Gasteiger partial charge is 0.259 e. The van der Waals surface area contributed by atoms with Crippen LogP contribution in [0.1, 0.15) is 10.4 Å². The average molecular weight is 459 g/mol. The van der Waals surface area contributed by atoms with E-state index in [1.165, 1.54) is 4.57 Å². The number of thiophene rings is 1. The molecular formula is C25H18N2O3S2. The zero-order chi connectivity index (χ0) is 22.1. The van der Waals surface area contributed by atoms with E-state index in [9.17, 15) is 9.90 Å². The van der Waals surface area contributed by atoms with Gasteiger partial charge in [0.2, 0.25) is 5.88 Å². The van der Waals surface area contributed by atoms with Crippen molar-refractivity contribution in [1.29, 1.82) is 0 Å². The Hall–Kier alpha value is -3.68. The van der Waals surface area contributed by atoms with Gasteiger partial charge in [0.15, 0.2) is 4.77 Å². The highest BCUT2D eigenvalue weighted by atomic mass is 32.1. The molecule has 0 unspecified atom stereocenters. The van der Waals surface area contributed by atoms with E-state index in [2.05, 4.69) is 4.98 Å². The van der Waals surface area contributed by atoms with E-state index in [-0.39, 0.29) is 21.8 Å². The summed E-state index contributed by atoms with van der Waals surface area (Å²) in [4.78, 5) is 16.3. The van der Waals surface area contributed by atoms with Gasteiger partial charge in [-0.3, -0.25) is 14.3 Å². The summed E-state index contributed by atoms with van der Waals surface area (Å²) in [6.07, 6.45) is 0.311. The Kier molecular flexibility index (Phi) is 5.34. The Labute approximate surface area is 192 Å². The molecule has 0 spiro atoms. The van der Waals surface area contributed by atoms with Gasteiger partial charge in [0.1, 0.15) is 11.5 Å². The zero-order valence-electron chi connectivity index (χ0n) is 16.8. The number of ether oxygens (including phenoxy) is 1. The number of rotatable bonds is 5. The molecule has 0 atom stereocenters. The number of nitrogens with zero attached hydrogens (tertiary/aromatic N) is 1. The summed E-state index contributed by atoms with van der Waals surface area (Å²) < 4.78 is 8.56. The molecular weight excluding hydrogens is 440 g/mol. The lowest BCUT2D eigenvalue weighted by Gasteiger charge is -2.13. The number of hydrogen-bond acceptors (Lipinski definition) is 5. The third kappa shape index (κ3) is 3.95. The number of hydrogen-bond donors (Lipinski definition) is 2. The third-order valence-corrected chi connectivity index (χ3v) is 6.48. The van der Waals surface area contributed by atoms with Gasteiger partial charge in [-0.05, 0) is 66.1 Å². The van der Waals surface area contributed by atoms with Crippen LogP contribution in [0.15, 0.2) is 89.7 Å². The Bertz CT molecular complexity index is 1480. The fourth-order valence-corrected chi connectivity index (χ4v) is 4.91. The minimum Gasteiger partial charge on any atom is -0.494 e. The standard InChI is InChI=1S/C25H18N2O3S2/c28-23-21(15-20-14-16-6-4-5-9-22(16)32-20)24(29)27(25(31)26-23)17-10-12-19(13-11-17)30-18-7-2-1-3-8-18/h1-14,29H,15H2,(H,26,28,31). The number of benzene rings is 3. The quantitative estimate of drug-likeness (QED) is 0.308. The first kappa shape index (κ1) is 20.2. The lowest BCUT2D eigenvalue weighted by molar-refractivity contribution is 0.426. The number of aromatic amines is 1. The Balaban J connectivity index is 1.49. The SMILES string of the molecule is O=c1[nH]c(=S)n(-c2ccc(Oc3ccccc3)cc2)c(O)c1Cc1cc2ccccc2s1. The molecule has 0 aliphatic rings. The lowest BCUT2D eigenvalue weighted by atomic mass is 10.1. The maximum Gasteiger partial charge on any atom is 0.259 e. The molecule has 2 heterocycles. The van der Waals surface area contributed by atoms with Crippen molar-refractivity contribution in [2.75, 3.05) is 0 Å². The van der Waals surface area contributed by atoms with Gasteiger partial charge in [0.05, 0.1) is 11.3 Å². The largest absolute Gasteiger partial charge is 0.494 e. The molecule has 5 aromatic rings. The van der Waals surface area contributed by atoms with Crippen molar-refractivity contribution in [3.05, 3.63) is 110 Å². The van der Waals surface area contributed by atoms with Crippen molar-refractivity contribution in [3.8, 4) is 23.1 Å². The fraction of sp³-hybridized carbons (Fsp3) is 0.0400. The summed E-state index contributed by atoms with van der Waals surface area (Å²) >= 11 is 6.94. The van der Waals surface area contributed by atoms with E-state index in [0.717, 1.165) is 20.7 Å². The first-order valence-electron chi connectivity index (χ1n) is 9.96. The van der Waals surface area contributed by atoms with E-state index in [4.69, 9.17) is 17.0 Å². The van der Waals surface area contributed by atoms with E-state index in [1.54, 1.807) is 35.6 Å². The van der Waals surface area contributed by atoms with Crippen LogP contribution in [0.3, 0.4) is 0 Å². The summed E-state index contributed by atoms with van der Waals surface area (Å²) in [5, 5.41) is 12.1. The number of para-hydroxylation sites is 1. The summed E-state index contributed by atoms with van der Waals surface area (Å²) in [5.41, 5.74) is 0.516. The molecule has 7 heteroatoms. The minimum absolute atomic E-state index is 0.129. The Morgan fingerprint density at radius 1 is 0.938 bits per heavy atom. The van der Waals surface area contributed by atoms with Crippen molar-refractivity contribution in [3.63, 3.8) is 0 Å². The van der Waals surface area contributed by atoms with E-state index in [0.29, 0.717) is 17.9 Å². The lowest BCUT2D eigenvalue weighted by Crippen LogP contribution is -2.18. The predicted molar refractivity (Wildman–Crippen MR) is 130 cm³/mol. The normalized spacial score (nSPS) is 11.0. The van der Waals surface area contributed by atoms with E-state index >= 15 is 0 Å². The summed E-state index contributed by atoms with van der Waals surface area (Å²) in [6.45, 7) is 0. The molecule has 5 nitrogen and oxygen atoms in total. The number of fused-ring (bicyclic) bond motifs is 1. The number of nitrogens with one attached hydrogen (secondary N) is 1. The second-order valence-electron chi connectivity index (χ2n) is 7.23. The Morgan fingerprint density at radius 3 is 2.38 bits per heavy atom. The molecule has 2 N–H and O–H groups in total. The van der Waals surface area contributed by atoms with Crippen molar-refractivity contribution in [2.45, 2.75) is 6.42 Å². The van der Waals surface area contributed by atoms with Gasteiger partial charge in [-0.1, -0.05) is 36.4 Å². The summed E-state index contributed by atoms with van der Waals surface area (Å²) in [5.74, 6) is 1.23. The Morgan fingerprint density at radius 2 is 1.62 bits per heavy atom. The molecule has 0 saturated heterocycles. The van der Waals surface area contributed by atoms with Crippen LogP contribution in [0, 0.1) is 4.77 Å². The molecule has 32 heavy (non-hydrogen) atoms. The van der Waals surface area contributed by atoms with Gasteiger partial charge in [-0.2, -0.15) is 0 Å². The van der Waals surface area contributed by atoms with Gasteiger partial charge in [-0.15, -0.1) is 11.3 Å². The molecule has 0 fully saturated rings. The topological polar surface area (TPSA) is 67.2 Å². The van der Waals surface area contributed by atoms with Crippen LogP contribution in [0.2, 0.25) is 0 Å². The second-order valence-corrected chi connectivity index (χ2v) is 8.79.